The summed E-state index contributed by atoms with van der Waals surface area (Å²) in [7, 11) is 0. The highest BCUT2D eigenvalue weighted by Gasteiger charge is 2.27. The van der Waals surface area contributed by atoms with Crippen LogP contribution in [0.2, 0.25) is 0 Å². The molecule has 1 saturated heterocycles. The molecular formula is C22H30N4O. The second-order valence-electron chi connectivity index (χ2n) is 7.67. The average Bonchev–Trinajstić information content (AvgIpc) is 2.63. The summed E-state index contributed by atoms with van der Waals surface area (Å²) in [4.78, 5) is 24.2. The standard InChI is InChI=1S/C22H30N4O/c1-6-18-9-7-8-10-26(18)21(27)19-13-17(5)23-22(24-19)25-20-15(3)11-14(2)12-16(20)4/h11-13,18H,6-10H2,1-5H3,(H,23,24,25). The molecule has 5 nitrogen and oxygen atoms in total. The van der Waals surface area contributed by atoms with Gasteiger partial charge in [-0.1, -0.05) is 24.6 Å². The molecule has 1 aliphatic rings. The Bertz CT molecular complexity index is 823. The van der Waals surface area contributed by atoms with Crippen LogP contribution >= 0.6 is 0 Å². The molecule has 144 valence electrons. The molecule has 1 fully saturated rings. The first kappa shape index (κ1) is 19.3. The fourth-order valence-electron chi connectivity index (χ4n) is 4.06. The number of likely N-dealkylation sites (tertiary alicyclic amines) is 1. The third kappa shape index (κ3) is 4.29. The molecule has 0 bridgehead atoms. The van der Waals surface area contributed by atoms with E-state index in [0.29, 0.717) is 17.7 Å². The van der Waals surface area contributed by atoms with E-state index in [2.05, 4.69) is 55.1 Å². The molecule has 1 aliphatic heterocycles. The van der Waals surface area contributed by atoms with Crippen LogP contribution in [0.5, 0.6) is 0 Å². The quantitative estimate of drug-likeness (QED) is 0.839. The fourth-order valence-corrected chi connectivity index (χ4v) is 4.06. The summed E-state index contributed by atoms with van der Waals surface area (Å²) in [5.41, 5.74) is 5.80. The van der Waals surface area contributed by atoms with Gasteiger partial charge in [-0.3, -0.25) is 4.79 Å². The van der Waals surface area contributed by atoms with E-state index in [0.717, 1.165) is 48.3 Å². The van der Waals surface area contributed by atoms with Crippen LogP contribution in [0.4, 0.5) is 11.6 Å². The van der Waals surface area contributed by atoms with Gasteiger partial charge in [-0.15, -0.1) is 0 Å². The molecule has 3 rings (SSSR count). The van der Waals surface area contributed by atoms with Crippen molar-refractivity contribution in [1.82, 2.24) is 14.9 Å². The number of carbonyl (C=O) groups is 1. The van der Waals surface area contributed by atoms with Crippen LogP contribution in [0.3, 0.4) is 0 Å². The molecule has 2 heterocycles. The molecular weight excluding hydrogens is 336 g/mol. The monoisotopic (exact) mass is 366 g/mol. The van der Waals surface area contributed by atoms with Gasteiger partial charge in [0, 0.05) is 24.0 Å². The smallest absolute Gasteiger partial charge is 0.272 e. The predicted molar refractivity (Wildman–Crippen MR) is 110 cm³/mol. The lowest BCUT2D eigenvalue weighted by molar-refractivity contribution is 0.0602. The molecule has 1 N–H and O–H groups in total. The van der Waals surface area contributed by atoms with Gasteiger partial charge in [-0.2, -0.15) is 0 Å². The number of nitrogens with zero attached hydrogens (tertiary/aromatic N) is 3. The highest BCUT2D eigenvalue weighted by atomic mass is 16.2. The molecule has 1 amide bonds. The van der Waals surface area contributed by atoms with Crippen LogP contribution in [0.25, 0.3) is 0 Å². The molecule has 1 atom stereocenters. The Morgan fingerprint density at radius 3 is 2.48 bits per heavy atom. The van der Waals surface area contributed by atoms with Crippen LogP contribution < -0.4 is 5.32 Å². The second kappa shape index (κ2) is 8.07. The van der Waals surface area contributed by atoms with Crippen molar-refractivity contribution in [1.29, 1.82) is 0 Å². The normalized spacial score (nSPS) is 17.1. The number of nitrogens with one attached hydrogen (secondary N) is 1. The van der Waals surface area contributed by atoms with E-state index in [4.69, 9.17) is 0 Å². The number of piperidine rings is 1. The number of aryl methyl sites for hydroxylation is 4. The molecule has 0 saturated carbocycles. The maximum absolute atomic E-state index is 13.1. The lowest BCUT2D eigenvalue weighted by Gasteiger charge is -2.35. The first-order valence-electron chi connectivity index (χ1n) is 9.90. The highest BCUT2D eigenvalue weighted by molar-refractivity contribution is 5.93. The minimum Gasteiger partial charge on any atom is -0.334 e. The number of benzene rings is 1. The second-order valence-corrected chi connectivity index (χ2v) is 7.67. The zero-order chi connectivity index (χ0) is 19.6. The van der Waals surface area contributed by atoms with Crippen molar-refractivity contribution in [3.05, 3.63) is 46.3 Å². The topological polar surface area (TPSA) is 58.1 Å². The van der Waals surface area contributed by atoms with E-state index in [1.54, 1.807) is 6.07 Å². The average molecular weight is 367 g/mol. The maximum atomic E-state index is 13.1. The van der Waals surface area contributed by atoms with Crippen molar-refractivity contribution in [3.8, 4) is 0 Å². The first-order valence-corrected chi connectivity index (χ1v) is 9.90. The maximum Gasteiger partial charge on any atom is 0.272 e. The number of anilines is 2. The van der Waals surface area contributed by atoms with Gasteiger partial charge in [0.25, 0.3) is 5.91 Å². The summed E-state index contributed by atoms with van der Waals surface area (Å²) in [5, 5.41) is 3.34. The summed E-state index contributed by atoms with van der Waals surface area (Å²) in [5.74, 6) is 0.505. The van der Waals surface area contributed by atoms with Gasteiger partial charge in [0.05, 0.1) is 0 Å². The van der Waals surface area contributed by atoms with E-state index in [9.17, 15) is 4.79 Å². The molecule has 5 heteroatoms. The lowest BCUT2D eigenvalue weighted by Crippen LogP contribution is -2.43. The molecule has 2 aromatic rings. The van der Waals surface area contributed by atoms with E-state index in [-0.39, 0.29) is 5.91 Å². The Kier molecular flexibility index (Phi) is 5.78. The molecule has 27 heavy (non-hydrogen) atoms. The molecule has 1 aromatic heterocycles. The van der Waals surface area contributed by atoms with Crippen molar-refractivity contribution in [2.24, 2.45) is 0 Å². The minimum absolute atomic E-state index is 0.0208. The fraction of sp³-hybridized carbons (Fsp3) is 0.500. The van der Waals surface area contributed by atoms with Crippen molar-refractivity contribution in [3.63, 3.8) is 0 Å². The Morgan fingerprint density at radius 2 is 1.81 bits per heavy atom. The SMILES string of the molecule is CCC1CCCCN1C(=O)c1cc(C)nc(Nc2c(C)cc(C)cc2C)n1. The van der Waals surface area contributed by atoms with Crippen LogP contribution in [0.1, 0.15) is 65.5 Å². The van der Waals surface area contributed by atoms with Crippen LogP contribution in [0, 0.1) is 27.7 Å². The largest absolute Gasteiger partial charge is 0.334 e. The van der Waals surface area contributed by atoms with Crippen LogP contribution in [-0.2, 0) is 0 Å². The van der Waals surface area contributed by atoms with E-state index in [1.807, 2.05) is 11.8 Å². The number of aromatic nitrogens is 2. The first-order chi connectivity index (χ1) is 12.9. The molecule has 0 spiro atoms. The van der Waals surface area contributed by atoms with Gasteiger partial charge in [0.15, 0.2) is 0 Å². The van der Waals surface area contributed by atoms with Crippen molar-refractivity contribution < 1.29 is 4.79 Å². The zero-order valence-electron chi connectivity index (χ0n) is 17.1. The lowest BCUT2D eigenvalue weighted by atomic mass is 9.99. The van der Waals surface area contributed by atoms with Gasteiger partial charge in [-0.05, 0) is 70.6 Å². The molecule has 0 aliphatic carbocycles. The minimum atomic E-state index is 0.0208. The number of rotatable bonds is 4. The number of carbonyl (C=O) groups excluding carboxylic acids is 1. The van der Waals surface area contributed by atoms with E-state index < -0.39 is 0 Å². The van der Waals surface area contributed by atoms with E-state index in [1.165, 1.54) is 12.0 Å². The number of hydrogen-bond donors (Lipinski definition) is 1. The van der Waals surface area contributed by atoms with Crippen molar-refractivity contribution >= 4 is 17.5 Å². The predicted octanol–water partition coefficient (Wildman–Crippen LogP) is 4.86. The number of amides is 1. The zero-order valence-corrected chi connectivity index (χ0v) is 17.1. The van der Waals surface area contributed by atoms with Gasteiger partial charge in [-0.25, -0.2) is 9.97 Å². The summed E-state index contributed by atoms with van der Waals surface area (Å²) >= 11 is 0. The van der Waals surface area contributed by atoms with Gasteiger partial charge in [0.1, 0.15) is 5.69 Å². The molecule has 1 unspecified atom stereocenters. The summed E-state index contributed by atoms with van der Waals surface area (Å²) in [6.07, 6.45) is 4.34. The van der Waals surface area contributed by atoms with Crippen LogP contribution in [-0.4, -0.2) is 33.4 Å². The summed E-state index contributed by atoms with van der Waals surface area (Å²) in [6.45, 7) is 11.1. The van der Waals surface area contributed by atoms with Crippen molar-refractivity contribution in [2.45, 2.75) is 66.3 Å². The van der Waals surface area contributed by atoms with Gasteiger partial charge >= 0.3 is 0 Å². The Labute approximate surface area is 162 Å². The Balaban J connectivity index is 1.90. The third-order valence-electron chi connectivity index (χ3n) is 5.35. The van der Waals surface area contributed by atoms with Crippen molar-refractivity contribution in [2.75, 3.05) is 11.9 Å². The molecule has 0 radical (unpaired) electrons. The van der Waals surface area contributed by atoms with Gasteiger partial charge in [0.2, 0.25) is 5.95 Å². The Hall–Kier alpha value is -2.43. The highest BCUT2D eigenvalue weighted by Crippen LogP contribution is 2.26. The number of hydrogen-bond acceptors (Lipinski definition) is 4. The summed E-state index contributed by atoms with van der Waals surface area (Å²) in [6, 6.07) is 6.39. The Morgan fingerprint density at radius 1 is 1.11 bits per heavy atom. The molecule has 1 aromatic carbocycles. The van der Waals surface area contributed by atoms with Crippen LogP contribution in [0.15, 0.2) is 18.2 Å². The van der Waals surface area contributed by atoms with E-state index >= 15 is 0 Å². The van der Waals surface area contributed by atoms with Gasteiger partial charge < -0.3 is 10.2 Å². The summed E-state index contributed by atoms with van der Waals surface area (Å²) < 4.78 is 0. The third-order valence-corrected chi connectivity index (χ3v) is 5.35.